The first-order valence-electron chi connectivity index (χ1n) is 9.17. The number of nitrogens with zero attached hydrogens (tertiary/aromatic N) is 2. The molecule has 1 amide bonds. The van der Waals surface area contributed by atoms with E-state index in [9.17, 15) is 18.0 Å². The monoisotopic (exact) mass is 413 g/mol. The highest BCUT2D eigenvalue weighted by molar-refractivity contribution is 6.33. The summed E-state index contributed by atoms with van der Waals surface area (Å²) < 4.78 is 46.7. The minimum atomic E-state index is -4.23. The van der Waals surface area contributed by atoms with Crippen molar-refractivity contribution in [2.24, 2.45) is 5.92 Å². The van der Waals surface area contributed by atoms with Crippen LogP contribution in [0.1, 0.15) is 36.0 Å². The fourth-order valence-corrected chi connectivity index (χ4v) is 4.19. The third-order valence-electron chi connectivity index (χ3n) is 5.34. The molecule has 2 atom stereocenters. The largest absolute Gasteiger partial charge is 0.489 e. The van der Waals surface area contributed by atoms with Crippen molar-refractivity contribution < 1.29 is 22.7 Å². The van der Waals surface area contributed by atoms with Gasteiger partial charge in [-0.25, -0.2) is 4.98 Å². The van der Waals surface area contributed by atoms with E-state index in [-0.39, 0.29) is 23.4 Å². The number of carbonyl (C=O) groups is 1. The number of amides is 1. The van der Waals surface area contributed by atoms with Crippen LogP contribution in [0.3, 0.4) is 0 Å². The summed E-state index contributed by atoms with van der Waals surface area (Å²) in [5.41, 5.74) is 1.71. The molecule has 1 aromatic heterocycles. The maximum absolute atomic E-state index is 13.0. The van der Waals surface area contributed by atoms with Crippen LogP contribution in [0, 0.1) is 5.92 Å². The smallest absolute Gasteiger partial charge is 0.391 e. The Morgan fingerprint density at radius 3 is 2.93 bits per heavy atom. The van der Waals surface area contributed by atoms with Gasteiger partial charge in [-0.05, 0) is 31.4 Å². The average molecular weight is 414 g/mol. The van der Waals surface area contributed by atoms with E-state index in [1.54, 1.807) is 18.6 Å². The molecule has 1 N–H and O–H groups in total. The van der Waals surface area contributed by atoms with Gasteiger partial charge in [0.15, 0.2) is 0 Å². The second-order valence-corrected chi connectivity index (χ2v) is 7.64. The van der Waals surface area contributed by atoms with E-state index in [1.165, 1.54) is 6.07 Å². The summed E-state index contributed by atoms with van der Waals surface area (Å²) in [6, 6.07) is 2.64. The highest BCUT2D eigenvalue weighted by Crippen LogP contribution is 2.40. The van der Waals surface area contributed by atoms with Gasteiger partial charge in [0.1, 0.15) is 12.4 Å². The highest BCUT2D eigenvalue weighted by atomic mass is 35.5. The molecule has 0 spiro atoms. The number of carbonyl (C=O) groups excluding carboxylic acids is 1. The predicted molar refractivity (Wildman–Crippen MR) is 97.4 cm³/mol. The lowest BCUT2D eigenvalue weighted by Crippen LogP contribution is -2.41. The van der Waals surface area contributed by atoms with Gasteiger partial charge in [-0.1, -0.05) is 18.0 Å². The normalized spacial score (nSPS) is 21.9. The number of ether oxygens (including phenoxy) is 1. The van der Waals surface area contributed by atoms with Crippen LogP contribution in [0.5, 0.6) is 5.75 Å². The highest BCUT2D eigenvalue weighted by Gasteiger charge is 2.42. The number of fused-ring (bicyclic) bond motifs is 3. The van der Waals surface area contributed by atoms with E-state index in [2.05, 4.69) is 10.3 Å². The number of halogens is 4. The molecule has 150 valence electrons. The molecule has 1 aromatic carbocycles. The summed E-state index contributed by atoms with van der Waals surface area (Å²) in [5.74, 6) is -1.33. The molecule has 2 heterocycles. The Bertz CT molecular complexity index is 897. The number of imidazole rings is 1. The first kappa shape index (κ1) is 19.1. The van der Waals surface area contributed by atoms with E-state index in [1.807, 2.05) is 4.57 Å². The van der Waals surface area contributed by atoms with Gasteiger partial charge in [0.25, 0.3) is 5.91 Å². The second kappa shape index (κ2) is 7.31. The summed E-state index contributed by atoms with van der Waals surface area (Å²) in [7, 11) is 0. The first-order valence-corrected chi connectivity index (χ1v) is 9.55. The number of rotatable bonds is 2. The van der Waals surface area contributed by atoms with Crippen LogP contribution in [0.15, 0.2) is 24.7 Å². The van der Waals surface area contributed by atoms with Crippen molar-refractivity contribution >= 4 is 17.5 Å². The minimum absolute atomic E-state index is 0.0935. The Morgan fingerprint density at radius 1 is 1.32 bits per heavy atom. The summed E-state index contributed by atoms with van der Waals surface area (Å²) in [4.78, 5) is 16.9. The Kier molecular flexibility index (Phi) is 4.99. The maximum Gasteiger partial charge on any atom is 0.391 e. The SMILES string of the molecule is O=C(NC1CCCC(C(F)(F)F)C1)c1cc(Cl)c2c(c1)-c1cncn1CCO2. The lowest BCUT2D eigenvalue weighted by Gasteiger charge is -2.31. The molecule has 0 radical (unpaired) electrons. The lowest BCUT2D eigenvalue weighted by molar-refractivity contribution is -0.183. The van der Waals surface area contributed by atoms with Crippen molar-refractivity contribution in [1.29, 1.82) is 0 Å². The van der Waals surface area contributed by atoms with Crippen molar-refractivity contribution in [2.45, 2.75) is 44.4 Å². The zero-order valence-electron chi connectivity index (χ0n) is 14.9. The summed E-state index contributed by atoms with van der Waals surface area (Å²) >= 11 is 6.34. The van der Waals surface area contributed by atoms with Gasteiger partial charge >= 0.3 is 6.18 Å². The molecule has 4 rings (SSSR count). The molecule has 1 saturated carbocycles. The summed E-state index contributed by atoms with van der Waals surface area (Å²) in [6.07, 6.45) is 0.104. The first-order chi connectivity index (χ1) is 13.3. The fraction of sp³-hybridized carbons (Fsp3) is 0.474. The molecule has 2 unspecified atom stereocenters. The Hall–Kier alpha value is -2.22. The molecule has 5 nitrogen and oxygen atoms in total. The maximum atomic E-state index is 13.0. The van der Waals surface area contributed by atoms with Crippen LogP contribution in [0.4, 0.5) is 13.2 Å². The molecular formula is C19H19ClF3N3O2. The summed E-state index contributed by atoms with van der Waals surface area (Å²) in [6.45, 7) is 1.02. The quantitative estimate of drug-likeness (QED) is 0.791. The number of hydrogen-bond donors (Lipinski definition) is 1. The van der Waals surface area contributed by atoms with Gasteiger partial charge in [-0.3, -0.25) is 4.79 Å². The number of nitrogens with one attached hydrogen (secondary N) is 1. The van der Waals surface area contributed by atoms with Crippen molar-refractivity contribution in [1.82, 2.24) is 14.9 Å². The fourth-order valence-electron chi connectivity index (χ4n) is 3.92. The van der Waals surface area contributed by atoms with Crippen LogP contribution >= 0.6 is 11.6 Å². The molecule has 2 aliphatic rings. The van der Waals surface area contributed by atoms with Gasteiger partial charge in [-0.15, -0.1) is 0 Å². The van der Waals surface area contributed by atoms with E-state index in [0.29, 0.717) is 37.3 Å². The van der Waals surface area contributed by atoms with E-state index in [0.717, 1.165) is 5.69 Å². The van der Waals surface area contributed by atoms with Gasteiger partial charge in [0.2, 0.25) is 0 Å². The van der Waals surface area contributed by atoms with Crippen LogP contribution in [0.25, 0.3) is 11.3 Å². The van der Waals surface area contributed by atoms with Crippen LogP contribution in [0.2, 0.25) is 5.02 Å². The van der Waals surface area contributed by atoms with Crippen molar-refractivity contribution in [3.8, 4) is 17.0 Å². The van der Waals surface area contributed by atoms with Gasteiger partial charge in [0.05, 0.1) is 35.7 Å². The zero-order valence-corrected chi connectivity index (χ0v) is 15.7. The Balaban J connectivity index is 1.57. The molecule has 2 aromatic rings. The number of benzene rings is 1. The average Bonchev–Trinajstić information content (AvgIpc) is 3.03. The number of alkyl halides is 3. The molecule has 1 aliphatic heterocycles. The van der Waals surface area contributed by atoms with Crippen LogP contribution in [-0.2, 0) is 6.54 Å². The second-order valence-electron chi connectivity index (χ2n) is 7.23. The van der Waals surface area contributed by atoms with Crippen molar-refractivity contribution in [3.05, 3.63) is 35.2 Å². The van der Waals surface area contributed by atoms with E-state index < -0.39 is 24.0 Å². The topological polar surface area (TPSA) is 56.2 Å². The van der Waals surface area contributed by atoms with E-state index >= 15 is 0 Å². The third-order valence-corrected chi connectivity index (χ3v) is 5.63. The minimum Gasteiger partial charge on any atom is -0.489 e. The van der Waals surface area contributed by atoms with Crippen molar-refractivity contribution in [3.63, 3.8) is 0 Å². The van der Waals surface area contributed by atoms with Gasteiger partial charge < -0.3 is 14.6 Å². The van der Waals surface area contributed by atoms with Crippen LogP contribution < -0.4 is 10.1 Å². The number of aromatic nitrogens is 2. The van der Waals surface area contributed by atoms with Crippen molar-refractivity contribution in [2.75, 3.05) is 6.61 Å². The lowest BCUT2D eigenvalue weighted by atomic mass is 9.85. The molecular weight excluding hydrogens is 395 g/mol. The molecule has 0 bridgehead atoms. The molecule has 9 heteroatoms. The standard InChI is InChI=1S/C19H19ClF3N3O2/c20-15-7-11(6-14-16-9-24-10-26(16)4-5-28-17(14)15)18(27)25-13-3-1-2-12(8-13)19(21,22)23/h6-7,9-10,12-13H,1-5,8H2,(H,25,27). The van der Waals surface area contributed by atoms with Gasteiger partial charge in [-0.2, -0.15) is 13.2 Å². The summed E-state index contributed by atoms with van der Waals surface area (Å²) in [5, 5.41) is 3.03. The Labute approximate surface area is 164 Å². The van der Waals surface area contributed by atoms with Crippen LogP contribution in [-0.4, -0.2) is 34.3 Å². The molecule has 28 heavy (non-hydrogen) atoms. The third kappa shape index (κ3) is 3.70. The molecule has 1 aliphatic carbocycles. The zero-order chi connectivity index (χ0) is 19.9. The Morgan fingerprint density at radius 2 is 2.14 bits per heavy atom. The molecule has 0 saturated heterocycles. The predicted octanol–water partition coefficient (Wildman–Crippen LogP) is 4.45. The van der Waals surface area contributed by atoms with E-state index in [4.69, 9.17) is 16.3 Å². The molecule has 1 fully saturated rings. The van der Waals surface area contributed by atoms with Gasteiger partial charge in [0, 0.05) is 17.2 Å². The number of hydrogen-bond acceptors (Lipinski definition) is 3.